The number of halogens is 1. The van der Waals surface area contributed by atoms with Crippen LogP contribution in [0, 0.1) is 0 Å². The molecule has 0 aliphatic rings. The first-order chi connectivity index (χ1) is 10.0. The van der Waals surface area contributed by atoms with Gasteiger partial charge in [0.15, 0.2) is 0 Å². The Kier molecular flexibility index (Phi) is 4.82. The topological polar surface area (TPSA) is 75.6 Å². The molecule has 0 amide bonds. The molecule has 0 spiro atoms. The Hall–Kier alpha value is -2.05. The van der Waals surface area contributed by atoms with Gasteiger partial charge in [-0.2, -0.15) is 0 Å². The van der Waals surface area contributed by atoms with E-state index in [-0.39, 0.29) is 11.1 Å². The molecule has 0 atom stereocenters. The molecule has 2 N–H and O–H groups in total. The van der Waals surface area contributed by atoms with Gasteiger partial charge in [-0.1, -0.05) is 11.6 Å². The van der Waals surface area contributed by atoms with Crippen LogP contribution in [0.2, 0.25) is 5.02 Å². The molecule has 0 saturated carbocycles. The highest BCUT2D eigenvalue weighted by Crippen LogP contribution is 2.23. The third-order valence-corrected chi connectivity index (χ3v) is 4.01. The van der Waals surface area contributed by atoms with E-state index in [4.69, 9.17) is 16.7 Å². The van der Waals surface area contributed by atoms with Crippen molar-refractivity contribution in [2.75, 3.05) is 12.4 Å². The number of rotatable bonds is 5. The number of carbonyl (C=O) groups excluding carboxylic acids is 1. The minimum atomic E-state index is -0.947. The van der Waals surface area contributed by atoms with Gasteiger partial charge in [-0.15, -0.1) is 11.3 Å². The largest absolute Gasteiger partial charge is 0.478 e. The molecular formula is C14H12ClNO4S. The predicted molar refractivity (Wildman–Crippen MR) is 81.4 cm³/mol. The summed E-state index contributed by atoms with van der Waals surface area (Å²) in [5, 5.41) is 13.9. The maximum Gasteiger partial charge on any atom is 0.339 e. The number of aromatic carboxylic acids is 1. The van der Waals surface area contributed by atoms with Crippen LogP contribution in [0.5, 0.6) is 0 Å². The average molecular weight is 326 g/mol. The smallest absolute Gasteiger partial charge is 0.339 e. The number of thiophene rings is 1. The van der Waals surface area contributed by atoms with Crippen molar-refractivity contribution in [2.24, 2.45) is 0 Å². The van der Waals surface area contributed by atoms with Crippen molar-refractivity contribution >= 4 is 40.6 Å². The number of anilines is 1. The van der Waals surface area contributed by atoms with Crippen molar-refractivity contribution in [3.05, 3.63) is 50.7 Å². The lowest BCUT2D eigenvalue weighted by molar-refractivity contribution is 0.0600. The van der Waals surface area contributed by atoms with Crippen LogP contribution in [-0.4, -0.2) is 24.2 Å². The van der Waals surface area contributed by atoms with E-state index in [2.05, 4.69) is 10.1 Å². The summed E-state index contributed by atoms with van der Waals surface area (Å²) >= 11 is 7.29. The standard InChI is InChI=1S/C14H12ClNO4S/c1-20-14(19)11-5-9(2-3-12(11)15)16-6-10-4-8(7-21-10)13(17)18/h2-5,7,16H,6H2,1H3,(H,17,18). The first-order valence-corrected chi connectivity index (χ1v) is 7.19. The van der Waals surface area contributed by atoms with Gasteiger partial charge in [0, 0.05) is 22.5 Å². The summed E-state index contributed by atoms with van der Waals surface area (Å²) in [7, 11) is 1.29. The van der Waals surface area contributed by atoms with Gasteiger partial charge in [-0.25, -0.2) is 9.59 Å². The molecule has 0 fully saturated rings. The van der Waals surface area contributed by atoms with Gasteiger partial charge in [-0.05, 0) is 24.3 Å². The minimum Gasteiger partial charge on any atom is -0.478 e. The molecule has 0 aliphatic heterocycles. The number of esters is 1. The second-order valence-electron chi connectivity index (χ2n) is 4.15. The van der Waals surface area contributed by atoms with E-state index in [1.54, 1.807) is 29.6 Å². The zero-order chi connectivity index (χ0) is 15.4. The second-order valence-corrected chi connectivity index (χ2v) is 5.55. The van der Waals surface area contributed by atoms with Crippen molar-refractivity contribution in [3.63, 3.8) is 0 Å². The van der Waals surface area contributed by atoms with Gasteiger partial charge in [0.2, 0.25) is 0 Å². The summed E-state index contributed by atoms with van der Waals surface area (Å²) in [5.74, 6) is -1.45. The molecule has 2 aromatic rings. The normalized spacial score (nSPS) is 10.2. The molecule has 1 aromatic heterocycles. The maximum absolute atomic E-state index is 11.5. The molecule has 1 heterocycles. The number of benzene rings is 1. The minimum absolute atomic E-state index is 0.267. The van der Waals surface area contributed by atoms with E-state index in [0.717, 1.165) is 4.88 Å². The highest BCUT2D eigenvalue weighted by Gasteiger charge is 2.11. The van der Waals surface area contributed by atoms with Crippen LogP contribution in [0.3, 0.4) is 0 Å². The molecule has 0 saturated heterocycles. The van der Waals surface area contributed by atoms with Crippen LogP contribution in [-0.2, 0) is 11.3 Å². The maximum atomic E-state index is 11.5. The van der Waals surface area contributed by atoms with Crippen molar-refractivity contribution in [1.29, 1.82) is 0 Å². The molecule has 0 bridgehead atoms. The molecule has 2 rings (SSSR count). The SMILES string of the molecule is COC(=O)c1cc(NCc2cc(C(=O)O)cs2)ccc1Cl. The Morgan fingerprint density at radius 2 is 2.14 bits per heavy atom. The summed E-state index contributed by atoms with van der Waals surface area (Å²) in [6.07, 6.45) is 0. The van der Waals surface area contributed by atoms with Crippen molar-refractivity contribution in [2.45, 2.75) is 6.54 Å². The molecular weight excluding hydrogens is 314 g/mol. The lowest BCUT2D eigenvalue weighted by Crippen LogP contribution is -2.04. The number of methoxy groups -OCH3 is 1. The third kappa shape index (κ3) is 3.74. The van der Waals surface area contributed by atoms with Crippen LogP contribution in [0.15, 0.2) is 29.6 Å². The zero-order valence-electron chi connectivity index (χ0n) is 11.1. The van der Waals surface area contributed by atoms with Gasteiger partial charge >= 0.3 is 11.9 Å². The van der Waals surface area contributed by atoms with Crippen LogP contribution >= 0.6 is 22.9 Å². The van der Waals surface area contributed by atoms with Gasteiger partial charge in [0.1, 0.15) is 0 Å². The van der Waals surface area contributed by atoms with Crippen LogP contribution in [0.1, 0.15) is 25.6 Å². The van der Waals surface area contributed by atoms with Crippen molar-refractivity contribution in [3.8, 4) is 0 Å². The molecule has 0 unspecified atom stereocenters. The predicted octanol–water partition coefficient (Wildman–Crippen LogP) is 3.50. The molecule has 21 heavy (non-hydrogen) atoms. The van der Waals surface area contributed by atoms with E-state index in [9.17, 15) is 9.59 Å². The highest BCUT2D eigenvalue weighted by molar-refractivity contribution is 7.10. The Morgan fingerprint density at radius 1 is 1.38 bits per heavy atom. The molecule has 110 valence electrons. The Bertz CT molecular complexity index is 683. The van der Waals surface area contributed by atoms with E-state index < -0.39 is 11.9 Å². The first-order valence-electron chi connectivity index (χ1n) is 5.93. The number of hydrogen-bond donors (Lipinski definition) is 2. The third-order valence-electron chi connectivity index (χ3n) is 2.74. The molecule has 0 radical (unpaired) electrons. The van der Waals surface area contributed by atoms with Gasteiger partial charge in [-0.3, -0.25) is 0 Å². The Morgan fingerprint density at radius 3 is 2.76 bits per heavy atom. The first kappa shape index (κ1) is 15.3. The van der Waals surface area contributed by atoms with E-state index in [0.29, 0.717) is 17.3 Å². The lowest BCUT2D eigenvalue weighted by Gasteiger charge is -2.08. The number of carboxylic acids is 1. The molecule has 0 aliphatic carbocycles. The quantitative estimate of drug-likeness (QED) is 0.823. The van der Waals surface area contributed by atoms with Crippen LogP contribution in [0.25, 0.3) is 0 Å². The fraction of sp³-hybridized carbons (Fsp3) is 0.143. The fourth-order valence-electron chi connectivity index (χ4n) is 1.68. The summed E-state index contributed by atoms with van der Waals surface area (Å²) in [5.41, 5.74) is 1.25. The van der Waals surface area contributed by atoms with E-state index in [1.165, 1.54) is 18.4 Å². The Labute approximate surface area is 130 Å². The Balaban J connectivity index is 2.09. The van der Waals surface area contributed by atoms with Gasteiger partial charge in [0.25, 0.3) is 0 Å². The highest BCUT2D eigenvalue weighted by atomic mass is 35.5. The van der Waals surface area contributed by atoms with Crippen LogP contribution < -0.4 is 5.32 Å². The van der Waals surface area contributed by atoms with Crippen molar-refractivity contribution in [1.82, 2.24) is 0 Å². The number of nitrogens with one attached hydrogen (secondary N) is 1. The van der Waals surface area contributed by atoms with Gasteiger partial charge in [0.05, 0.1) is 23.3 Å². The number of hydrogen-bond acceptors (Lipinski definition) is 5. The average Bonchev–Trinajstić information content (AvgIpc) is 2.94. The summed E-state index contributed by atoms with van der Waals surface area (Å²) in [6, 6.07) is 6.55. The zero-order valence-corrected chi connectivity index (χ0v) is 12.6. The molecule has 7 heteroatoms. The monoisotopic (exact) mass is 325 g/mol. The molecule has 1 aromatic carbocycles. The van der Waals surface area contributed by atoms with Crippen LogP contribution in [0.4, 0.5) is 5.69 Å². The number of carbonyl (C=O) groups is 2. The second kappa shape index (κ2) is 6.60. The summed E-state index contributed by atoms with van der Waals surface area (Å²) < 4.78 is 4.65. The van der Waals surface area contributed by atoms with E-state index in [1.807, 2.05) is 0 Å². The number of carboxylic acid groups (broad SMARTS) is 1. The summed E-state index contributed by atoms with van der Waals surface area (Å²) in [4.78, 5) is 23.2. The molecule has 5 nitrogen and oxygen atoms in total. The van der Waals surface area contributed by atoms with Crippen molar-refractivity contribution < 1.29 is 19.4 Å². The fourth-order valence-corrected chi connectivity index (χ4v) is 2.67. The van der Waals surface area contributed by atoms with E-state index >= 15 is 0 Å². The summed E-state index contributed by atoms with van der Waals surface area (Å²) in [6.45, 7) is 0.459. The lowest BCUT2D eigenvalue weighted by atomic mass is 10.2. The van der Waals surface area contributed by atoms with Gasteiger partial charge < -0.3 is 15.2 Å². The number of ether oxygens (including phenoxy) is 1.